The van der Waals surface area contributed by atoms with Gasteiger partial charge in [0.1, 0.15) is 5.82 Å². The van der Waals surface area contributed by atoms with Crippen molar-refractivity contribution in [1.29, 1.82) is 0 Å². The number of nitrogens with one attached hydrogen (secondary N) is 1. The Morgan fingerprint density at radius 2 is 1.87 bits per heavy atom. The van der Waals surface area contributed by atoms with Crippen molar-refractivity contribution in [2.24, 2.45) is 0 Å². The Balaban J connectivity index is 1.67. The quantitative estimate of drug-likeness (QED) is 0.795. The molecule has 1 aromatic heterocycles. The number of benzene rings is 2. The van der Waals surface area contributed by atoms with Crippen molar-refractivity contribution in [3.05, 3.63) is 70.8 Å². The highest BCUT2D eigenvalue weighted by atomic mass is 35.5. The molecular weight excluding hydrogens is 321 g/mol. The molecular formula is C16H11ClFN3O2. The van der Waals surface area contributed by atoms with Crippen molar-refractivity contribution >= 4 is 17.5 Å². The van der Waals surface area contributed by atoms with E-state index in [-0.39, 0.29) is 18.0 Å². The van der Waals surface area contributed by atoms with E-state index in [1.807, 2.05) is 0 Å². The minimum atomic E-state index is -0.586. The fraction of sp³-hybridized carbons (Fsp3) is 0.0625. The van der Waals surface area contributed by atoms with Gasteiger partial charge in [-0.15, -0.1) is 10.2 Å². The molecule has 2 aromatic carbocycles. The van der Waals surface area contributed by atoms with Gasteiger partial charge in [0.2, 0.25) is 11.8 Å². The average Bonchev–Trinajstić information content (AvgIpc) is 3.03. The largest absolute Gasteiger partial charge is 0.419 e. The van der Waals surface area contributed by atoms with Gasteiger partial charge in [0.25, 0.3) is 5.91 Å². The van der Waals surface area contributed by atoms with Crippen LogP contribution in [0.4, 0.5) is 4.39 Å². The van der Waals surface area contributed by atoms with Crippen LogP contribution in [0.25, 0.3) is 11.5 Å². The number of hydrogen-bond acceptors (Lipinski definition) is 4. The summed E-state index contributed by atoms with van der Waals surface area (Å²) in [6, 6.07) is 12.6. The standard InChI is InChI=1S/C16H11ClFN3O2/c17-11-7-5-10(6-8-11)16-21-20-14(23-16)9-19-15(22)12-3-1-2-4-13(12)18/h1-8H,9H2,(H,19,22). The highest BCUT2D eigenvalue weighted by Gasteiger charge is 2.13. The number of halogens is 2. The van der Waals surface area contributed by atoms with Gasteiger partial charge in [-0.1, -0.05) is 23.7 Å². The predicted octanol–water partition coefficient (Wildman–Crippen LogP) is 3.46. The molecule has 0 spiro atoms. The van der Waals surface area contributed by atoms with Crippen LogP contribution < -0.4 is 5.32 Å². The molecule has 3 rings (SSSR count). The van der Waals surface area contributed by atoms with E-state index in [9.17, 15) is 9.18 Å². The van der Waals surface area contributed by atoms with Gasteiger partial charge in [-0.05, 0) is 36.4 Å². The van der Waals surface area contributed by atoms with E-state index in [4.69, 9.17) is 16.0 Å². The first-order valence-electron chi connectivity index (χ1n) is 6.74. The lowest BCUT2D eigenvalue weighted by molar-refractivity contribution is 0.0943. The smallest absolute Gasteiger partial charge is 0.254 e. The molecule has 5 nitrogen and oxygen atoms in total. The van der Waals surface area contributed by atoms with Gasteiger partial charge < -0.3 is 9.73 Å². The average molecular weight is 332 g/mol. The lowest BCUT2D eigenvalue weighted by Gasteiger charge is -2.03. The van der Waals surface area contributed by atoms with Gasteiger partial charge in [0.15, 0.2) is 0 Å². The van der Waals surface area contributed by atoms with E-state index in [1.165, 1.54) is 18.2 Å². The summed E-state index contributed by atoms with van der Waals surface area (Å²) in [5.74, 6) is -0.594. The SMILES string of the molecule is O=C(NCc1nnc(-c2ccc(Cl)cc2)o1)c1ccccc1F. The van der Waals surface area contributed by atoms with E-state index >= 15 is 0 Å². The Hall–Kier alpha value is -2.73. The van der Waals surface area contributed by atoms with Crippen molar-refractivity contribution in [3.8, 4) is 11.5 Å². The van der Waals surface area contributed by atoms with Gasteiger partial charge in [-0.2, -0.15) is 0 Å². The summed E-state index contributed by atoms with van der Waals surface area (Å²) in [5.41, 5.74) is 0.679. The van der Waals surface area contributed by atoms with Crippen molar-refractivity contribution in [2.75, 3.05) is 0 Å². The Bertz CT molecular complexity index is 833. The second kappa shape index (κ2) is 6.58. The molecule has 23 heavy (non-hydrogen) atoms. The normalized spacial score (nSPS) is 10.5. The Morgan fingerprint density at radius 1 is 1.13 bits per heavy atom. The van der Waals surface area contributed by atoms with Gasteiger partial charge >= 0.3 is 0 Å². The van der Waals surface area contributed by atoms with Crippen LogP contribution in [-0.2, 0) is 6.54 Å². The molecule has 0 unspecified atom stereocenters. The van der Waals surface area contributed by atoms with Crippen molar-refractivity contribution in [3.63, 3.8) is 0 Å². The number of aromatic nitrogens is 2. The molecule has 0 bridgehead atoms. The predicted molar refractivity (Wildman–Crippen MR) is 82.3 cm³/mol. The van der Waals surface area contributed by atoms with Crippen molar-refractivity contribution in [2.45, 2.75) is 6.54 Å². The molecule has 116 valence electrons. The third kappa shape index (κ3) is 3.54. The van der Waals surface area contributed by atoms with Crippen LogP contribution >= 0.6 is 11.6 Å². The molecule has 0 saturated heterocycles. The first-order valence-corrected chi connectivity index (χ1v) is 7.12. The fourth-order valence-corrected chi connectivity index (χ4v) is 2.06. The number of carbonyl (C=O) groups is 1. The summed E-state index contributed by atoms with van der Waals surface area (Å²) >= 11 is 5.82. The van der Waals surface area contributed by atoms with E-state index in [1.54, 1.807) is 30.3 Å². The highest BCUT2D eigenvalue weighted by molar-refractivity contribution is 6.30. The Kier molecular flexibility index (Phi) is 4.34. The summed E-state index contributed by atoms with van der Waals surface area (Å²) in [6.45, 7) is 0.00770. The second-order valence-corrected chi connectivity index (χ2v) is 5.11. The third-order valence-electron chi connectivity index (χ3n) is 3.08. The number of carbonyl (C=O) groups excluding carboxylic acids is 1. The fourth-order valence-electron chi connectivity index (χ4n) is 1.93. The molecule has 0 aliphatic rings. The monoisotopic (exact) mass is 331 g/mol. The maximum atomic E-state index is 13.5. The van der Waals surface area contributed by atoms with Crippen LogP contribution in [0, 0.1) is 5.82 Å². The Labute approximate surface area is 136 Å². The summed E-state index contributed by atoms with van der Waals surface area (Å²) in [5, 5.41) is 10.9. The van der Waals surface area contributed by atoms with Gasteiger partial charge in [-0.3, -0.25) is 4.79 Å². The molecule has 1 heterocycles. The molecule has 0 aliphatic carbocycles. The van der Waals surface area contributed by atoms with E-state index in [2.05, 4.69) is 15.5 Å². The third-order valence-corrected chi connectivity index (χ3v) is 3.33. The number of hydrogen-bond donors (Lipinski definition) is 1. The minimum absolute atomic E-state index is 0.00770. The highest BCUT2D eigenvalue weighted by Crippen LogP contribution is 2.20. The van der Waals surface area contributed by atoms with Crippen LogP contribution in [0.3, 0.4) is 0 Å². The van der Waals surface area contributed by atoms with Crippen LogP contribution in [0.2, 0.25) is 5.02 Å². The first kappa shape index (κ1) is 15.2. The number of rotatable bonds is 4. The zero-order valence-corrected chi connectivity index (χ0v) is 12.5. The van der Waals surface area contributed by atoms with Crippen LogP contribution in [0.1, 0.15) is 16.2 Å². The van der Waals surface area contributed by atoms with Gasteiger partial charge in [0, 0.05) is 10.6 Å². The van der Waals surface area contributed by atoms with E-state index < -0.39 is 11.7 Å². The maximum absolute atomic E-state index is 13.5. The van der Waals surface area contributed by atoms with Crippen LogP contribution in [-0.4, -0.2) is 16.1 Å². The zero-order chi connectivity index (χ0) is 16.2. The molecule has 1 amide bonds. The number of amides is 1. The molecule has 1 N–H and O–H groups in total. The van der Waals surface area contributed by atoms with Gasteiger partial charge in [-0.25, -0.2) is 4.39 Å². The summed E-state index contributed by atoms with van der Waals surface area (Å²) in [6.07, 6.45) is 0. The summed E-state index contributed by atoms with van der Waals surface area (Å²) in [4.78, 5) is 11.9. The zero-order valence-electron chi connectivity index (χ0n) is 11.8. The van der Waals surface area contributed by atoms with Gasteiger partial charge in [0.05, 0.1) is 12.1 Å². The maximum Gasteiger partial charge on any atom is 0.254 e. The second-order valence-electron chi connectivity index (χ2n) is 4.67. The van der Waals surface area contributed by atoms with E-state index in [0.29, 0.717) is 16.5 Å². The molecule has 0 saturated carbocycles. The number of nitrogens with zero attached hydrogens (tertiary/aromatic N) is 2. The molecule has 0 atom stereocenters. The lowest BCUT2D eigenvalue weighted by atomic mass is 10.2. The lowest BCUT2D eigenvalue weighted by Crippen LogP contribution is -2.23. The summed E-state index contributed by atoms with van der Waals surface area (Å²) in [7, 11) is 0. The molecule has 0 radical (unpaired) electrons. The molecule has 0 aliphatic heterocycles. The Morgan fingerprint density at radius 3 is 2.61 bits per heavy atom. The minimum Gasteiger partial charge on any atom is -0.419 e. The van der Waals surface area contributed by atoms with Crippen molar-refractivity contribution in [1.82, 2.24) is 15.5 Å². The van der Waals surface area contributed by atoms with Crippen LogP contribution in [0.15, 0.2) is 52.9 Å². The topological polar surface area (TPSA) is 68.0 Å². The molecule has 3 aromatic rings. The summed E-state index contributed by atoms with van der Waals surface area (Å²) < 4.78 is 19.0. The molecule has 0 fully saturated rings. The van der Waals surface area contributed by atoms with E-state index in [0.717, 1.165) is 0 Å². The first-order chi connectivity index (χ1) is 11.1. The van der Waals surface area contributed by atoms with Crippen LogP contribution in [0.5, 0.6) is 0 Å². The molecule has 7 heteroatoms. The van der Waals surface area contributed by atoms with Crippen molar-refractivity contribution < 1.29 is 13.6 Å².